The van der Waals surface area contributed by atoms with Gasteiger partial charge in [0.25, 0.3) is 0 Å². The summed E-state index contributed by atoms with van der Waals surface area (Å²) in [5, 5.41) is 7.96. The first-order chi connectivity index (χ1) is 2.27. The molecule has 0 aromatic heterocycles. The molecule has 47 valence electrons. The summed E-state index contributed by atoms with van der Waals surface area (Å²) < 4.78 is 0. The van der Waals surface area contributed by atoms with Gasteiger partial charge in [-0.3, -0.25) is 0 Å². The molecule has 7 heavy (non-hydrogen) atoms. The maximum absolute atomic E-state index is 7.96. The van der Waals surface area contributed by atoms with E-state index in [0.717, 1.165) is 0 Å². The Hall–Kier alpha value is 0.582. The second-order valence-electron chi connectivity index (χ2n) is 1.08. The summed E-state index contributed by atoms with van der Waals surface area (Å²) in [5.74, 6) is 0. The van der Waals surface area contributed by atoms with Crippen LogP contribution in [0.15, 0.2) is 0 Å². The van der Waals surface area contributed by atoms with E-state index in [1.165, 1.54) is 0 Å². The second-order valence-corrected chi connectivity index (χ2v) is 1.08. The molecule has 2 nitrogen and oxygen atoms in total. The van der Waals surface area contributed by atoms with Gasteiger partial charge in [0.05, 0.1) is 0 Å². The van der Waals surface area contributed by atoms with Crippen molar-refractivity contribution in [3.63, 3.8) is 0 Å². The Morgan fingerprint density at radius 1 is 1.71 bits per heavy atom. The van der Waals surface area contributed by atoms with Crippen LogP contribution in [0.5, 0.6) is 0 Å². The van der Waals surface area contributed by atoms with Crippen LogP contribution in [0.2, 0.25) is 0 Å². The van der Waals surface area contributed by atoms with Gasteiger partial charge < -0.3 is 18.3 Å². The van der Waals surface area contributed by atoms with Gasteiger partial charge in [-0.2, -0.15) is 0 Å². The number of hydrogen-bond donors (Lipinski definition) is 1. The molecule has 0 saturated heterocycles. The van der Waals surface area contributed by atoms with Gasteiger partial charge in [-0.15, -0.1) is 6.04 Å². The molecule has 0 aliphatic rings. The van der Waals surface area contributed by atoms with Crippen LogP contribution in [-0.2, 0) is 20.4 Å². The average molecular weight is 275 g/mol. The normalized spacial score (nSPS) is 10.7. The van der Waals surface area contributed by atoms with Crippen LogP contribution < -0.4 is 0 Å². The molecule has 0 spiro atoms. The Morgan fingerprint density at radius 2 is 1.86 bits per heavy atom. The fraction of sp³-hybridized carbons (Fsp3) is 0.750. The number of rotatable bonds is 1. The van der Waals surface area contributed by atoms with E-state index in [1.54, 1.807) is 6.92 Å². The summed E-state index contributed by atoms with van der Waals surface area (Å²) in [6.07, 6.45) is 0. The van der Waals surface area contributed by atoms with Crippen LogP contribution in [-0.4, -0.2) is 17.8 Å². The van der Waals surface area contributed by atoms with E-state index in [4.69, 9.17) is 10.8 Å². The summed E-state index contributed by atoms with van der Waals surface area (Å²) in [7, 11) is 0. The minimum absolute atomic E-state index is 0. The van der Waals surface area contributed by atoms with Crippen LogP contribution in [0, 0.1) is 7.43 Å². The third-order valence-corrected chi connectivity index (χ3v) is 0.274. The smallest absolute Gasteiger partial charge is 0.0266 e. The van der Waals surface area contributed by atoms with Gasteiger partial charge in [0.15, 0.2) is 0 Å². The molecule has 0 fully saturated rings. The molecule has 0 amide bonds. The summed E-state index contributed by atoms with van der Waals surface area (Å²) in [6.45, 7) is 1.61. The number of hydrogen-bond acceptors (Lipinski definition) is 1. The van der Waals surface area contributed by atoms with Crippen LogP contribution >= 0.6 is 0 Å². The van der Waals surface area contributed by atoms with E-state index in [2.05, 4.69) is 0 Å². The van der Waals surface area contributed by atoms with E-state index < -0.39 is 0 Å². The van der Waals surface area contributed by atoms with Crippen LogP contribution in [0.4, 0.5) is 0 Å². The molecule has 0 aromatic rings. The maximum atomic E-state index is 7.96. The fourth-order valence-electron chi connectivity index (χ4n) is 0. The zero-order valence-electron chi connectivity index (χ0n) is 4.61. The van der Waals surface area contributed by atoms with E-state index in [1.807, 2.05) is 0 Å². The van der Waals surface area contributed by atoms with Crippen molar-refractivity contribution >= 4 is 0 Å². The largest absolute Gasteiger partial charge is 0.673 e. The molecule has 1 atom stereocenters. The summed E-state index contributed by atoms with van der Waals surface area (Å²) >= 11 is 0. The van der Waals surface area contributed by atoms with Gasteiger partial charge in [0, 0.05) is 27.0 Å². The molecule has 0 aliphatic heterocycles. The molecular weight excluding hydrogens is 264 g/mol. The average Bonchev–Trinajstić information content (AvgIpc) is 1.38. The molecule has 0 heterocycles. The summed E-state index contributed by atoms with van der Waals surface area (Å²) in [5.41, 5.74) is 6.58. The Labute approximate surface area is 58.8 Å². The van der Waals surface area contributed by atoms with Crippen LogP contribution in [0.1, 0.15) is 6.92 Å². The third kappa shape index (κ3) is 20.7. The van der Waals surface area contributed by atoms with Gasteiger partial charge >= 0.3 is 0 Å². The van der Waals surface area contributed by atoms with E-state index in [0.29, 0.717) is 0 Å². The van der Waals surface area contributed by atoms with Gasteiger partial charge in [-0.05, 0) is 0 Å². The van der Waals surface area contributed by atoms with Gasteiger partial charge in [-0.1, -0.05) is 6.92 Å². The predicted molar refractivity (Wildman–Crippen MR) is 27.3 cm³/mol. The molecule has 0 aromatic carbocycles. The van der Waals surface area contributed by atoms with E-state index in [-0.39, 0.29) is 40.5 Å². The Kier molecular flexibility index (Phi) is 21.8. The molecular formula is C4H11NORe-2. The van der Waals surface area contributed by atoms with Crippen molar-refractivity contribution < 1.29 is 25.5 Å². The van der Waals surface area contributed by atoms with Crippen molar-refractivity contribution in [1.82, 2.24) is 0 Å². The van der Waals surface area contributed by atoms with Gasteiger partial charge in [0.1, 0.15) is 0 Å². The Balaban J connectivity index is -0.0000000800. The predicted octanol–water partition coefficient (Wildman–Crippen LogP) is 0.867. The van der Waals surface area contributed by atoms with Crippen molar-refractivity contribution in [3.05, 3.63) is 13.2 Å². The Bertz CT molecular complexity index is 25.7. The molecule has 0 saturated carbocycles. The Morgan fingerprint density at radius 3 is 1.86 bits per heavy atom. The van der Waals surface area contributed by atoms with Crippen molar-refractivity contribution in [3.8, 4) is 0 Å². The minimum Gasteiger partial charge on any atom is -0.673 e. The molecule has 3 heteroatoms. The number of aliphatic hydroxyl groups excluding tert-OH is 1. The molecule has 2 N–H and O–H groups in total. The van der Waals surface area contributed by atoms with E-state index >= 15 is 0 Å². The van der Waals surface area contributed by atoms with Gasteiger partial charge in [0.2, 0.25) is 0 Å². The third-order valence-electron chi connectivity index (χ3n) is 0.274. The first kappa shape index (κ1) is 15.6. The maximum Gasteiger partial charge on any atom is 0.0266 e. The summed E-state index contributed by atoms with van der Waals surface area (Å²) in [4.78, 5) is 0. The number of aliphatic hydroxyl groups is 1. The van der Waals surface area contributed by atoms with E-state index in [9.17, 15) is 0 Å². The standard InChI is InChI=1S/C3H8NO.CH3.Re/c1-3(4)2-5;;/h3-5H,2H2,1H3;1H3;/q2*-1;. The first-order valence-corrected chi connectivity index (χ1v) is 1.59. The van der Waals surface area contributed by atoms with Crippen molar-refractivity contribution in [1.29, 1.82) is 0 Å². The molecule has 0 aliphatic carbocycles. The van der Waals surface area contributed by atoms with Crippen molar-refractivity contribution in [2.45, 2.75) is 13.0 Å². The van der Waals surface area contributed by atoms with Crippen LogP contribution in [0.3, 0.4) is 0 Å². The molecule has 1 radical (unpaired) electrons. The van der Waals surface area contributed by atoms with Crippen LogP contribution in [0.25, 0.3) is 5.73 Å². The van der Waals surface area contributed by atoms with Crippen molar-refractivity contribution in [2.75, 3.05) is 6.61 Å². The topological polar surface area (TPSA) is 44.0 Å². The monoisotopic (exact) mass is 276 g/mol. The fourth-order valence-corrected chi connectivity index (χ4v) is 0. The zero-order valence-corrected chi connectivity index (χ0v) is 7.33. The minimum atomic E-state index is -0.310. The van der Waals surface area contributed by atoms with Gasteiger partial charge in [-0.25, -0.2) is 0 Å². The first-order valence-electron chi connectivity index (χ1n) is 1.59. The molecule has 1 unspecified atom stereocenters. The second kappa shape index (κ2) is 9.77. The number of nitrogens with one attached hydrogen (secondary N) is 1. The quantitative estimate of drug-likeness (QED) is 0.709. The molecule has 0 bridgehead atoms. The molecule has 0 rings (SSSR count). The SMILES string of the molecule is CC([NH-])CO.[CH3-].[Re]. The zero-order chi connectivity index (χ0) is 4.28. The summed E-state index contributed by atoms with van der Waals surface area (Å²) in [6, 6.07) is -0.310. The van der Waals surface area contributed by atoms with Crippen molar-refractivity contribution in [2.24, 2.45) is 0 Å².